The predicted octanol–water partition coefficient (Wildman–Crippen LogP) is -8.56. The third-order valence-corrected chi connectivity index (χ3v) is 11.0. The zero-order chi connectivity index (χ0) is 23.8. The first-order chi connectivity index (χ1) is 13.2. The number of nitrogens with zero attached hydrogens (tertiary/aromatic N) is 1. The minimum atomic E-state index is -1.04. The van der Waals surface area contributed by atoms with Crippen molar-refractivity contribution in [2.75, 3.05) is 20.6 Å². The maximum absolute atomic E-state index is 13.2. The average Bonchev–Trinajstić information content (AvgIpc) is 2.58. The molecule has 0 heterocycles. The van der Waals surface area contributed by atoms with Gasteiger partial charge >= 0.3 is 0 Å². The summed E-state index contributed by atoms with van der Waals surface area (Å²) in [6.45, 7) is 0.702. The second-order valence-electron chi connectivity index (χ2n) is 13.0. The van der Waals surface area contributed by atoms with E-state index < -0.39 is 21.3 Å². The summed E-state index contributed by atoms with van der Waals surface area (Å²) in [5.41, 5.74) is 0.0143. The highest BCUT2D eigenvalue weighted by Gasteiger charge is 2.76. The van der Waals surface area contributed by atoms with Gasteiger partial charge in [-0.25, -0.2) is 0 Å². The largest absolute Gasteiger partial charge is 0.508 e. The van der Waals surface area contributed by atoms with Crippen LogP contribution in [0.5, 0.6) is 5.75 Å². The number of benzene rings is 1. The van der Waals surface area contributed by atoms with Crippen LogP contribution < -0.4 is 0 Å². The van der Waals surface area contributed by atoms with E-state index >= 15 is 0 Å². The van der Waals surface area contributed by atoms with Crippen LogP contribution in [0.2, 0.25) is 26.1 Å². The summed E-state index contributed by atoms with van der Waals surface area (Å²) in [5, 5.41) is 21.5. The monoisotopic (exact) mass is 395 g/mol. The zero-order valence-corrected chi connectivity index (χ0v) is 21.9. The van der Waals surface area contributed by atoms with Crippen LogP contribution in [-0.4, -0.2) is 128 Å². The molecule has 1 unspecified atom stereocenters. The SMILES string of the molecule is BC(CN(C)C)(c1ccc(O)cc1)C1(O)C(B)(B)C(B)(B)C(B)(B)C(B)(B)C1(B)B. The summed E-state index contributed by atoms with van der Waals surface area (Å²) in [7, 11) is 29.5. The van der Waals surface area contributed by atoms with Crippen molar-refractivity contribution in [3.05, 3.63) is 29.8 Å². The summed E-state index contributed by atoms with van der Waals surface area (Å²) in [6.07, 6.45) is 0. The molecule has 1 saturated carbocycles. The molecule has 0 bridgehead atoms. The molecule has 1 atom stereocenters. The van der Waals surface area contributed by atoms with Crippen molar-refractivity contribution in [3.63, 3.8) is 0 Å². The average molecular weight is 393 g/mol. The Morgan fingerprint density at radius 1 is 0.733 bits per heavy atom. The maximum Gasteiger partial charge on any atom is 0.120 e. The molecule has 0 aliphatic heterocycles. The molecule has 1 aliphatic rings. The summed E-state index contributed by atoms with van der Waals surface area (Å²) < 4.78 is 0. The van der Waals surface area contributed by atoms with Crippen LogP contribution >= 0.6 is 0 Å². The van der Waals surface area contributed by atoms with Gasteiger partial charge in [0.25, 0.3) is 0 Å². The molecule has 0 spiro atoms. The second kappa shape index (κ2) is 7.07. The lowest BCUT2D eigenvalue weighted by molar-refractivity contribution is -0.0786. The number of phenolic OH excluding ortho intramolecular Hbond substituents is 1. The number of rotatable bonds is 4. The van der Waals surface area contributed by atoms with Gasteiger partial charge in [0, 0.05) is 17.5 Å². The highest BCUT2D eigenvalue weighted by Crippen LogP contribution is 2.83. The lowest BCUT2D eigenvalue weighted by Crippen LogP contribution is -2.79. The number of hydrogen-bond donors (Lipinski definition) is 2. The number of phenols is 1. The van der Waals surface area contributed by atoms with E-state index in [1.807, 2.05) is 12.1 Å². The first kappa shape index (κ1) is 25.9. The van der Waals surface area contributed by atoms with Gasteiger partial charge in [0.1, 0.15) is 45.0 Å². The van der Waals surface area contributed by atoms with Gasteiger partial charge in [0.15, 0.2) is 0 Å². The van der Waals surface area contributed by atoms with Gasteiger partial charge in [0.2, 0.25) is 0 Å². The number of aromatic hydroxyl groups is 1. The lowest BCUT2D eigenvalue weighted by Gasteiger charge is -2.81. The van der Waals surface area contributed by atoms with Gasteiger partial charge in [-0.2, -0.15) is 0 Å². The van der Waals surface area contributed by atoms with Crippen molar-refractivity contribution in [1.29, 1.82) is 0 Å². The Hall–Kier alpha value is -0.346. The lowest BCUT2D eigenvalue weighted by atomic mass is 8.98. The fourth-order valence-corrected chi connectivity index (χ4v) is 7.29. The fourth-order valence-electron chi connectivity index (χ4n) is 7.29. The Balaban J connectivity index is 3.01. The van der Waals surface area contributed by atoms with Crippen molar-refractivity contribution in [2.45, 2.75) is 37.0 Å². The predicted molar refractivity (Wildman–Crippen MR) is 161 cm³/mol. The van der Waals surface area contributed by atoms with Crippen LogP contribution in [-0.2, 0) is 5.31 Å². The van der Waals surface area contributed by atoms with Crippen LogP contribution in [0.1, 0.15) is 5.56 Å². The fraction of sp³-hybridized carbons (Fsp3) is 0.625. The van der Waals surface area contributed by atoms with Crippen LogP contribution in [0.25, 0.3) is 0 Å². The van der Waals surface area contributed by atoms with E-state index in [2.05, 4.69) is 105 Å². The highest BCUT2D eigenvalue weighted by atomic mass is 16.3. The molecule has 2 rings (SSSR count). The summed E-state index contributed by atoms with van der Waals surface area (Å²) in [6, 6.07) is 7.47. The Labute approximate surface area is 194 Å². The molecule has 2 N–H and O–H groups in total. The first-order valence-corrected chi connectivity index (χ1v) is 11.3. The van der Waals surface area contributed by atoms with E-state index in [0.29, 0.717) is 6.54 Å². The molecule has 0 aromatic heterocycles. The van der Waals surface area contributed by atoms with E-state index in [0.717, 1.165) is 5.56 Å². The molecule has 1 fully saturated rings. The van der Waals surface area contributed by atoms with Gasteiger partial charge in [-0.3, -0.25) is 0 Å². The van der Waals surface area contributed by atoms with Gasteiger partial charge in [-0.15, -0.1) is 5.21 Å². The van der Waals surface area contributed by atoms with Crippen LogP contribution in [0, 0.1) is 0 Å². The zero-order valence-electron chi connectivity index (χ0n) is 21.9. The molecule has 30 heavy (non-hydrogen) atoms. The van der Waals surface area contributed by atoms with Gasteiger partial charge in [-0.05, 0) is 31.8 Å². The van der Waals surface area contributed by atoms with E-state index in [9.17, 15) is 10.2 Å². The van der Waals surface area contributed by atoms with Crippen LogP contribution in [0.15, 0.2) is 24.3 Å². The third kappa shape index (κ3) is 2.81. The second-order valence-corrected chi connectivity index (χ2v) is 13.0. The van der Waals surface area contributed by atoms with E-state index in [4.69, 9.17) is 0 Å². The summed E-state index contributed by atoms with van der Waals surface area (Å²) in [4.78, 5) is 2.18. The summed E-state index contributed by atoms with van der Waals surface area (Å²) >= 11 is 0. The van der Waals surface area contributed by atoms with Gasteiger partial charge < -0.3 is 15.1 Å². The van der Waals surface area contributed by atoms with Gasteiger partial charge in [0.05, 0.1) is 47.1 Å². The first-order valence-electron chi connectivity index (χ1n) is 11.3. The molecule has 3 nitrogen and oxygen atoms in total. The normalized spacial score (nSPS) is 27.1. The minimum Gasteiger partial charge on any atom is -0.508 e. The van der Waals surface area contributed by atoms with E-state index in [1.54, 1.807) is 12.1 Å². The van der Waals surface area contributed by atoms with Crippen molar-refractivity contribution >= 4 is 86.3 Å². The molecule has 14 heteroatoms. The summed E-state index contributed by atoms with van der Waals surface area (Å²) in [5.74, 6) is 0.252. The Morgan fingerprint density at radius 2 is 1.07 bits per heavy atom. The molecular weight excluding hydrogens is 357 g/mol. The molecule has 1 aromatic rings. The van der Waals surface area contributed by atoms with Crippen LogP contribution in [0.3, 0.4) is 0 Å². The van der Waals surface area contributed by atoms with E-state index in [1.165, 1.54) is 0 Å². The van der Waals surface area contributed by atoms with Crippen LogP contribution in [0.4, 0.5) is 0 Å². The standard InChI is InChI=1S/C16H36B11NO2/c1-28(2)7-10(17,8-3-5-9(29)6-4-8)11(30)12(18,19)14(22,23)16(26,27)15(24,25)13(11,20)21/h3-6,29-30H,7,17-27H2,1-2H3. The van der Waals surface area contributed by atoms with Crippen molar-refractivity contribution in [1.82, 2.24) is 4.90 Å². The highest BCUT2D eigenvalue weighted by molar-refractivity contribution is 6.70. The molecule has 1 aromatic carbocycles. The minimum absolute atomic E-state index is 0.0206. The number of aliphatic hydroxyl groups is 1. The maximum atomic E-state index is 13.2. The molecule has 150 valence electrons. The quantitative estimate of drug-likeness (QED) is 0.500. The molecule has 0 saturated heterocycles. The van der Waals surface area contributed by atoms with Crippen molar-refractivity contribution in [2.24, 2.45) is 0 Å². The Morgan fingerprint density at radius 3 is 1.40 bits per heavy atom. The molecule has 0 amide bonds. The number of hydrogen-bond acceptors (Lipinski definition) is 3. The third-order valence-electron chi connectivity index (χ3n) is 11.0. The molecular formula is C16H36B11NO2. The van der Waals surface area contributed by atoms with Gasteiger partial charge in [-0.1, -0.05) is 33.0 Å². The molecule has 1 aliphatic carbocycles. The van der Waals surface area contributed by atoms with Crippen molar-refractivity contribution < 1.29 is 10.2 Å². The number of likely N-dealkylation sites (N-methyl/N-ethyl adjacent to an activating group) is 1. The molecule has 0 radical (unpaired) electrons. The Bertz CT molecular complexity index is 780. The van der Waals surface area contributed by atoms with E-state index in [-0.39, 0.29) is 21.4 Å². The Kier molecular flexibility index (Phi) is 6.11. The smallest absolute Gasteiger partial charge is 0.120 e. The topological polar surface area (TPSA) is 43.7 Å². The van der Waals surface area contributed by atoms with Crippen molar-refractivity contribution in [3.8, 4) is 5.75 Å².